The van der Waals surface area contributed by atoms with Crippen LogP contribution in [0, 0.1) is 0 Å². The van der Waals surface area contributed by atoms with E-state index in [9.17, 15) is 0 Å². The van der Waals surface area contributed by atoms with Gasteiger partial charge in [-0.25, -0.2) is 0 Å². The van der Waals surface area contributed by atoms with Crippen LogP contribution >= 0.6 is 0 Å². The first-order chi connectivity index (χ1) is 39.9. The number of anilines is 9. The van der Waals surface area contributed by atoms with E-state index in [4.69, 9.17) is 0 Å². The van der Waals surface area contributed by atoms with Crippen LogP contribution in [-0.4, -0.2) is 0 Å². The summed E-state index contributed by atoms with van der Waals surface area (Å²) in [6.07, 6.45) is 9.16. The minimum atomic E-state index is -0.236. The molecule has 0 radical (unpaired) electrons. The molecule has 0 aromatic heterocycles. The smallest absolute Gasteiger partial charge is 0.0508 e. The monoisotopic (exact) mass is 1060 g/mol. The van der Waals surface area contributed by atoms with E-state index in [1.807, 2.05) is 0 Å². The van der Waals surface area contributed by atoms with Crippen LogP contribution < -0.4 is 14.7 Å². The molecule has 11 aromatic rings. The second kappa shape index (κ2) is 19.8. The van der Waals surface area contributed by atoms with Crippen molar-refractivity contribution in [2.24, 2.45) is 0 Å². The van der Waals surface area contributed by atoms with E-state index in [2.05, 4.69) is 341 Å². The fourth-order valence-corrected chi connectivity index (χ4v) is 13.4. The first kappa shape index (κ1) is 50.5. The Morgan fingerprint density at radius 3 is 0.890 bits per heavy atom. The Kier molecular flexibility index (Phi) is 12.2. The molecule has 3 nitrogen and oxygen atoms in total. The lowest BCUT2D eigenvalue weighted by Gasteiger charge is -2.42. The molecule has 396 valence electrons. The molecule has 0 N–H and O–H groups in total. The zero-order chi connectivity index (χ0) is 55.7. The van der Waals surface area contributed by atoms with Crippen molar-refractivity contribution in [3.63, 3.8) is 0 Å². The van der Waals surface area contributed by atoms with Gasteiger partial charge in [0.25, 0.3) is 0 Å². The fraction of sp³-hybridized carbons (Fsp3) is 0.114. The fourth-order valence-electron chi connectivity index (χ4n) is 13.4. The summed E-state index contributed by atoms with van der Waals surface area (Å²) in [5.74, 6) is 0. The van der Waals surface area contributed by atoms with Gasteiger partial charge in [-0.3, -0.25) is 0 Å². The first-order valence-corrected chi connectivity index (χ1v) is 28.8. The Hall–Kier alpha value is -9.70. The van der Waals surface area contributed by atoms with E-state index in [1.54, 1.807) is 0 Å². The predicted octanol–water partition coefficient (Wildman–Crippen LogP) is 21.7. The van der Waals surface area contributed by atoms with Crippen molar-refractivity contribution in [1.29, 1.82) is 0 Å². The molecular formula is C79H65N3. The third-order valence-electron chi connectivity index (χ3n) is 17.8. The van der Waals surface area contributed by atoms with Crippen LogP contribution in [0.2, 0.25) is 0 Å². The van der Waals surface area contributed by atoms with Crippen LogP contribution in [0.1, 0.15) is 97.2 Å². The molecule has 11 aromatic carbocycles. The Morgan fingerprint density at radius 2 is 0.537 bits per heavy atom. The molecule has 2 aliphatic carbocycles. The van der Waals surface area contributed by atoms with Gasteiger partial charge in [0.1, 0.15) is 0 Å². The van der Waals surface area contributed by atoms with Crippen molar-refractivity contribution in [3.8, 4) is 22.3 Å². The summed E-state index contributed by atoms with van der Waals surface area (Å²) in [5, 5.41) is 0. The number of para-hydroxylation sites is 5. The lowest BCUT2D eigenvalue weighted by molar-refractivity contribution is 0.632. The van der Waals surface area contributed by atoms with Crippen molar-refractivity contribution in [3.05, 3.63) is 316 Å². The quantitative estimate of drug-likeness (QED) is 0.120. The van der Waals surface area contributed by atoms with Crippen molar-refractivity contribution in [2.45, 2.75) is 57.8 Å². The lowest BCUT2D eigenvalue weighted by atomic mass is 9.73. The molecule has 3 aliphatic rings. The molecule has 0 saturated carbocycles. The average molecular weight is 1060 g/mol. The van der Waals surface area contributed by atoms with Crippen LogP contribution in [0.25, 0.3) is 46.6 Å². The molecular weight excluding hydrogens is 991 g/mol. The van der Waals surface area contributed by atoms with Crippen LogP contribution in [0.5, 0.6) is 0 Å². The van der Waals surface area contributed by atoms with Crippen LogP contribution in [-0.2, 0) is 16.2 Å². The Morgan fingerprint density at radius 1 is 0.256 bits per heavy atom. The topological polar surface area (TPSA) is 9.72 Å². The lowest BCUT2D eigenvalue weighted by Crippen LogP contribution is -2.30. The third-order valence-corrected chi connectivity index (χ3v) is 17.8. The van der Waals surface area contributed by atoms with Gasteiger partial charge < -0.3 is 14.7 Å². The number of rotatable bonds is 11. The SMILES string of the molecule is CC1(C)c2cc(C=Cc3ccc4c(c3)N(c3ccccc3)c3cc(C=Cc5ccc6c(c5)C(C)(C)c5cc(N(c7ccccc7)c7ccccc7)ccc5-6)ccc3C4(C)C)ccc2-c2ccc(N(c3ccccc3)c3ccccc3)cc21. The van der Waals surface area contributed by atoms with Gasteiger partial charge in [0.05, 0.1) is 11.4 Å². The number of benzene rings is 11. The standard InChI is InChI=1S/C79H65N3/c1-77(2)69-46-38-56(34-32-54-36-42-65-67-44-40-63(52-73(67)78(3,4)71(65)48-54)80(58-22-12-7-13-23-58)59-24-14-8-15-25-59)50-75(69)82(62-30-20-11-21-31-62)76-51-57(39-47-70(76)77)35-33-55-37-43-66-68-45-41-64(53-74(68)79(5,6)72(66)49-55)81(60-26-16-9-17-27-60)61-28-18-10-19-29-61/h7-53H,1-6H3. The Labute approximate surface area is 484 Å². The van der Waals surface area contributed by atoms with Crippen LogP contribution in [0.15, 0.2) is 261 Å². The largest absolute Gasteiger partial charge is 0.310 e. The molecule has 0 atom stereocenters. The summed E-state index contributed by atoms with van der Waals surface area (Å²) in [4.78, 5) is 7.20. The van der Waals surface area contributed by atoms with Gasteiger partial charge in [-0.2, -0.15) is 0 Å². The van der Waals surface area contributed by atoms with Crippen molar-refractivity contribution < 1.29 is 0 Å². The minimum Gasteiger partial charge on any atom is -0.310 e. The summed E-state index contributed by atoms with van der Waals surface area (Å²) in [6.45, 7) is 14.3. The number of hydrogen-bond acceptors (Lipinski definition) is 3. The van der Waals surface area contributed by atoms with E-state index in [-0.39, 0.29) is 16.2 Å². The highest BCUT2D eigenvalue weighted by Crippen LogP contribution is 2.55. The van der Waals surface area contributed by atoms with Crippen molar-refractivity contribution in [2.75, 3.05) is 14.7 Å². The van der Waals surface area contributed by atoms with Gasteiger partial charge in [0, 0.05) is 56.1 Å². The summed E-state index contributed by atoms with van der Waals surface area (Å²) < 4.78 is 0. The maximum atomic E-state index is 2.48. The maximum absolute atomic E-state index is 2.48. The maximum Gasteiger partial charge on any atom is 0.0508 e. The van der Waals surface area contributed by atoms with Gasteiger partial charge in [0.15, 0.2) is 0 Å². The first-order valence-electron chi connectivity index (χ1n) is 28.8. The Bertz CT molecular complexity index is 3950. The zero-order valence-electron chi connectivity index (χ0n) is 47.5. The van der Waals surface area contributed by atoms with Gasteiger partial charge >= 0.3 is 0 Å². The molecule has 0 fully saturated rings. The molecule has 3 heteroatoms. The summed E-state index contributed by atoms with van der Waals surface area (Å²) in [5.41, 5.74) is 27.7. The minimum absolute atomic E-state index is 0.191. The van der Waals surface area contributed by atoms with Crippen LogP contribution in [0.3, 0.4) is 0 Å². The molecule has 1 aliphatic heterocycles. The van der Waals surface area contributed by atoms with Crippen molar-refractivity contribution >= 4 is 75.5 Å². The Balaban J connectivity index is 0.754. The van der Waals surface area contributed by atoms with Gasteiger partial charge in [-0.15, -0.1) is 0 Å². The highest BCUT2D eigenvalue weighted by Gasteiger charge is 2.39. The van der Waals surface area contributed by atoms with Crippen LogP contribution in [0.4, 0.5) is 51.2 Å². The molecule has 0 saturated heterocycles. The van der Waals surface area contributed by atoms with Gasteiger partial charge in [-0.1, -0.05) is 230 Å². The van der Waals surface area contributed by atoms with E-state index < -0.39 is 0 Å². The van der Waals surface area contributed by atoms with E-state index in [1.165, 1.54) is 78.1 Å². The summed E-state index contributed by atoms with van der Waals surface area (Å²) >= 11 is 0. The predicted molar refractivity (Wildman–Crippen MR) is 348 cm³/mol. The molecule has 14 rings (SSSR count). The van der Waals surface area contributed by atoms with Gasteiger partial charge in [0.2, 0.25) is 0 Å². The van der Waals surface area contributed by atoms with Gasteiger partial charge in [-0.05, 0) is 175 Å². The molecule has 0 spiro atoms. The molecule has 0 bridgehead atoms. The number of fused-ring (bicyclic) bond motifs is 8. The molecule has 1 heterocycles. The van der Waals surface area contributed by atoms with E-state index in [0.717, 1.165) is 50.9 Å². The van der Waals surface area contributed by atoms with E-state index in [0.29, 0.717) is 0 Å². The third kappa shape index (κ3) is 8.59. The normalized spacial score (nSPS) is 14.6. The summed E-state index contributed by atoms with van der Waals surface area (Å²) in [6, 6.07) is 95.7. The molecule has 0 amide bonds. The van der Waals surface area contributed by atoms with Crippen molar-refractivity contribution in [1.82, 2.24) is 0 Å². The van der Waals surface area contributed by atoms with E-state index >= 15 is 0 Å². The highest BCUT2D eigenvalue weighted by molar-refractivity contribution is 5.92. The molecule has 0 unspecified atom stereocenters. The highest BCUT2D eigenvalue weighted by atomic mass is 15.2. The second-order valence-electron chi connectivity index (χ2n) is 23.8. The zero-order valence-corrected chi connectivity index (χ0v) is 47.5. The second-order valence-corrected chi connectivity index (χ2v) is 23.8. The number of nitrogens with zero attached hydrogens (tertiary/aromatic N) is 3. The number of hydrogen-bond donors (Lipinski definition) is 0. The molecule has 82 heavy (non-hydrogen) atoms. The average Bonchev–Trinajstić information content (AvgIpc) is 2.60. The summed E-state index contributed by atoms with van der Waals surface area (Å²) in [7, 11) is 0.